The quantitative estimate of drug-likeness (QED) is 0.498. The topological polar surface area (TPSA) is 98.7 Å². The van der Waals surface area contributed by atoms with E-state index >= 15 is 0 Å². The third kappa shape index (κ3) is 3.70. The zero-order valence-electron chi connectivity index (χ0n) is 18.5. The molecule has 0 bridgehead atoms. The first-order valence-corrected chi connectivity index (χ1v) is 10.9. The average molecular weight is 427 g/mol. The fourth-order valence-electron chi connectivity index (χ4n) is 4.25. The minimum Gasteiger partial charge on any atom is -0.383 e. The van der Waals surface area contributed by atoms with Crippen LogP contribution in [0.25, 0.3) is 22.0 Å². The van der Waals surface area contributed by atoms with Crippen LogP contribution < -0.4 is 11.1 Å². The van der Waals surface area contributed by atoms with Crippen molar-refractivity contribution in [2.75, 3.05) is 11.1 Å². The molecule has 32 heavy (non-hydrogen) atoms. The molecule has 1 aliphatic rings. The van der Waals surface area contributed by atoms with E-state index in [0.717, 1.165) is 46.0 Å². The molecule has 3 N–H and O–H groups in total. The molecule has 0 aliphatic heterocycles. The number of nitrogens with zero attached hydrogens (tertiary/aromatic N) is 4. The monoisotopic (exact) mass is 426 g/mol. The fraction of sp³-hybridized carbons (Fsp3) is 0.280. The highest BCUT2D eigenvalue weighted by Gasteiger charge is 2.44. The molecule has 3 aromatic heterocycles. The summed E-state index contributed by atoms with van der Waals surface area (Å²) in [6, 6.07) is 10.3. The smallest absolute Gasteiger partial charge is 0.229 e. The molecule has 4 aromatic rings. The molecule has 7 heteroatoms. The summed E-state index contributed by atoms with van der Waals surface area (Å²) in [5.74, 6) is 1.12. The van der Waals surface area contributed by atoms with Crippen LogP contribution in [0.4, 0.5) is 11.6 Å². The first-order chi connectivity index (χ1) is 15.4. The Labute approximate surface area is 186 Å². The van der Waals surface area contributed by atoms with Crippen LogP contribution in [0.3, 0.4) is 0 Å². The van der Waals surface area contributed by atoms with Crippen molar-refractivity contribution in [3.63, 3.8) is 0 Å². The Morgan fingerprint density at radius 3 is 2.84 bits per heavy atom. The molecule has 0 unspecified atom stereocenters. The molecule has 7 nitrogen and oxygen atoms in total. The summed E-state index contributed by atoms with van der Waals surface area (Å²) in [7, 11) is 1.88. The van der Waals surface area contributed by atoms with Crippen LogP contribution in [0.15, 0.2) is 48.9 Å². The summed E-state index contributed by atoms with van der Waals surface area (Å²) in [4.78, 5) is 21.8. The lowest BCUT2D eigenvalue weighted by atomic mass is 9.99. The molecule has 1 aromatic carbocycles. The van der Waals surface area contributed by atoms with E-state index in [1.165, 1.54) is 5.56 Å². The number of carbonyl (C=O) groups excluding carboxylic acids is 1. The largest absolute Gasteiger partial charge is 0.383 e. The zero-order chi connectivity index (χ0) is 22.4. The number of carbonyl (C=O) groups is 1. The number of fused-ring (bicyclic) bond motifs is 1. The summed E-state index contributed by atoms with van der Waals surface area (Å²) in [5, 5.41) is 8.85. The van der Waals surface area contributed by atoms with Crippen molar-refractivity contribution in [2.24, 2.45) is 13.0 Å². The number of amides is 1. The predicted molar refractivity (Wildman–Crippen MR) is 126 cm³/mol. The first kappa shape index (κ1) is 20.2. The van der Waals surface area contributed by atoms with Crippen LogP contribution in [0.2, 0.25) is 0 Å². The van der Waals surface area contributed by atoms with Crippen molar-refractivity contribution in [1.82, 2.24) is 19.7 Å². The number of pyridine rings is 2. The fourth-order valence-corrected chi connectivity index (χ4v) is 4.25. The van der Waals surface area contributed by atoms with Crippen LogP contribution in [-0.2, 0) is 18.3 Å². The van der Waals surface area contributed by atoms with Crippen molar-refractivity contribution in [3.05, 3.63) is 65.6 Å². The Morgan fingerprint density at radius 2 is 2.09 bits per heavy atom. The predicted octanol–water partition coefficient (Wildman–Crippen LogP) is 4.23. The maximum absolute atomic E-state index is 12.8. The molecule has 5 rings (SSSR count). The van der Waals surface area contributed by atoms with Gasteiger partial charge in [0.15, 0.2) is 0 Å². The number of hydrogen-bond acceptors (Lipinski definition) is 5. The number of nitrogens with one attached hydrogen (secondary N) is 1. The molecule has 3 heterocycles. The highest BCUT2D eigenvalue weighted by atomic mass is 16.2. The van der Waals surface area contributed by atoms with Gasteiger partial charge >= 0.3 is 0 Å². The standard InChI is InChI=1S/C25H26N6O/c1-4-15-6-5-14(2)18(7-15)22-8-16-9-23(27-12-21(16)24(26)29-22)30-25(32)20-10-19(20)17-11-28-31(3)13-17/h5-9,11-13,19-20H,4,10H2,1-3H3,(H2,26,29)(H,27,30,32)/t19-,20+/m0/s1. The lowest BCUT2D eigenvalue weighted by Gasteiger charge is -2.11. The third-order valence-electron chi connectivity index (χ3n) is 6.26. The Hall–Kier alpha value is -3.74. The normalized spacial score (nSPS) is 17.5. The molecular weight excluding hydrogens is 400 g/mol. The number of nitrogen functional groups attached to an aromatic ring is 1. The van der Waals surface area contributed by atoms with Gasteiger partial charge in [-0.05, 0) is 66.0 Å². The summed E-state index contributed by atoms with van der Waals surface area (Å²) in [6.45, 7) is 4.21. The molecule has 1 saturated carbocycles. The molecule has 1 fully saturated rings. The second-order valence-corrected chi connectivity index (χ2v) is 8.57. The zero-order valence-corrected chi connectivity index (χ0v) is 18.5. The van der Waals surface area contributed by atoms with E-state index in [1.807, 2.05) is 31.6 Å². The number of aromatic nitrogens is 4. The second-order valence-electron chi connectivity index (χ2n) is 8.57. The number of aryl methyl sites for hydroxylation is 3. The molecule has 1 aliphatic carbocycles. The van der Waals surface area contributed by atoms with E-state index in [4.69, 9.17) is 5.73 Å². The molecule has 2 atom stereocenters. The Balaban J connectivity index is 1.42. The van der Waals surface area contributed by atoms with E-state index in [0.29, 0.717) is 11.6 Å². The molecular formula is C25H26N6O. The summed E-state index contributed by atoms with van der Waals surface area (Å²) >= 11 is 0. The van der Waals surface area contributed by atoms with Gasteiger partial charge in [0.2, 0.25) is 5.91 Å². The number of rotatable bonds is 5. The van der Waals surface area contributed by atoms with Crippen LogP contribution in [-0.4, -0.2) is 25.7 Å². The van der Waals surface area contributed by atoms with Gasteiger partial charge in [-0.25, -0.2) is 9.97 Å². The van der Waals surface area contributed by atoms with Crippen molar-refractivity contribution in [3.8, 4) is 11.3 Å². The average Bonchev–Trinajstić information content (AvgIpc) is 3.47. The summed E-state index contributed by atoms with van der Waals surface area (Å²) < 4.78 is 1.77. The molecule has 162 valence electrons. The van der Waals surface area contributed by atoms with Crippen molar-refractivity contribution in [2.45, 2.75) is 32.6 Å². The number of hydrogen-bond donors (Lipinski definition) is 2. The maximum atomic E-state index is 12.8. The highest BCUT2D eigenvalue weighted by Crippen LogP contribution is 2.47. The van der Waals surface area contributed by atoms with Gasteiger partial charge < -0.3 is 11.1 Å². The molecule has 0 spiro atoms. The van der Waals surface area contributed by atoms with Crippen LogP contribution >= 0.6 is 0 Å². The van der Waals surface area contributed by atoms with Gasteiger partial charge in [0.05, 0.1) is 11.9 Å². The van der Waals surface area contributed by atoms with E-state index in [-0.39, 0.29) is 17.7 Å². The van der Waals surface area contributed by atoms with Crippen molar-refractivity contribution < 1.29 is 4.79 Å². The molecule has 0 saturated heterocycles. The number of benzene rings is 1. The number of nitrogens with two attached hydrogens (primary N) is 1. The lowest BCUT2D eigenvalue weighted by molar-refractivity contribution is -0.117. The van der Waals surface area contributed by atoms with E-state index in [1.54, 1.807) is 10.9 Å². The summed E-state index contributed by atoms with van der Waals surface area (Å²) in [6.07, 6.45) is 7.27. The van der Waals surface area contributed by atoms with Gasteiger partial charge in [-0.2, -0.15) is 5.10 Å². The van der Waals surface area contributed by atoms with Gasteiger partial charge in [0.25, 0.3) is 0 Å². The Morgan fingerprint density at radius 1 is 1.25 bits per heavy atom. The first-order valence-electron chi connectivity index (χ1n) is 10.9. The molecule has 0 radical (unpaired) electrons. The summed E-state index contributed by atoms with van der Waals surface area (Å²) in [5.41, 5.74) is 11.7. The Kier molecular flexibility index (Phi) is 4.89. The van der Waals surface area contributed by atoms with Gasteiger partial charge in [0.1, 0.15) is 11.6 Å². The number of anilines is 2. The van der Waals surface area contributed by atoms with Crippen molar-refractivity contribution in [1.29, 1.82) is 0 Å². The Bertz CT molecular complexity index is 1340. The minimum absolute atomic E-state index is 0.0144. The van der Waals surface area contributed by atoms with Crippen LogP contribution in [0, 0.1) is 12.8 Å². The van der Waals surface area contributed by atoms with Gasteiger partial charge in [-0.15, -0.1) is 0 Å². The highest BCUT2D eigenvalue weighted by molar-refractivity contribution is 5.98. The van der Waals surface area contributed by atoms with E-state index in [2.05, 4.69) is 52.4 Å². The van der Waals surface area contributed by atoms with Crippen LogP contribution in [0.5, 0.6) is 0 Å². The second kappa shape index (κ2) is 7.75. The van der Waals surface area contributed by atoms with Gasteiger partial charge in [-0.3, -0.25) is 9.48 Å². The van der Waals surface area contributed by atoms with Crippen molar-refractivity contribution >= 4 is 28.3 Å². The third-order valence-corrected chi connectivity index (χ3v) is 6.26. The van der Waals surface area contributed by atoms with Gasteiger partial charge in [0, 0.05) is 36.3 Å². The molecule has 1 amide bonds. The van der Waals surface area contributed by atoms with Gasteiger partial charge in [-0.1, -0.05) is 19.1 Å². The SMILES string of the molecule is CCc1ccc(C)c(-c2cc3cc(NC(=O)[C@@H]4C[C@H]4c4cnn(C)c4)ncc3c(N)n2)c1. The maximum Gasteiger partial charge on any atom is 0.229 e. The van der Waals surface area contributed by atoms with E-state index < -0.39 is 0 Å². The minimum atomic E-state index is -0.0470. The van der Waals surface area contributed by atoms with E-state index in [9.17, 15) is 4.79 Å². The lowest BCUT2D eigenvalue weighted by Crippen LogP contribution is -2.15. The van der Waals surface area contributed by atoms with Crippen LogP contribution in [0.1, 0.15) is 36.0 Å².